The van der Waals surface area contributed by atoms with Gasteiger partial charge in [0.25, 0.3) is 0 Å². The third-order valence-corrected chi connectivity index (χ3v) is 5.44. The summed E-state index contributed by atoms with van der Waals surface area (Å²) in [6.07, 6.45) is 0.963. The zero-order chi connectivity index (χ0) is 19.8. The van der Waals surface area contributed by atoms with E-state index in [0.29, 0.717) is 17.8 Å². The fourth-order valence-electron chi connectivity index (χ4n) is 3.39. The van der Waals surface area contributed by atoms with Crippen LogP contribution >= 0.6 is 15.9 Å². The summed E-state index contributed by atoms with van der Waals surface area (Å²) in [5.41, 5.74) is 1.38. The number of carbonyl (C=O) groups is 1. The van der Waals surface area contributed by atoms with Gasteiger partial charge in [0.15, 0.2) is 4.67 Å². The van der Waals surface area contributed by atoms with Gasteiger partial charge < -0.3 is 19.5 Å². The molecule has 1 saturated heterocycles. The van der Waals surface area contributed by atoms with Gasteiger partial charge in [-0.05, 0) is 46.6 Å². The molecular weight excluding hydrogens is 420 g/mol. The van der Waals surface area contributed by atoms with Gasteiger partial charge in [-0.3, -0.25) is 4.90 Å². The zero-order valence-corrected chi connectivity index (χ0v) is 18.0. The molecule has 1 aliphatic heterocycles. The van der Waals surface area contributed by atoms with Gasteiger partial charge in [0.2, 0.25) is 0 Å². The summed E-state index contributed by atoms with van der Waals surface area (Å²) in [5.74, 6) is 0.762. The lowest BCUT2D eigenvalue weighted by atomic mass is 10.2. The molecule has 3 rings (SSSR count). The molecule has 0 radical (unpaired) electrons. The Kier molecular flexibility index (Phi) is 7.94. The predicted octanol–water partition coefficient (Wildman–Crippen LogP) is 3.39. The first kappa shape index (κ1) is 20.9. The molecule has 2 aromatic rings. The zero-order valence-electron chi connectivity index (χ0n) is 16.4. The van der Waals surface area contributed by atoms with E-state index in [0.717, 1.165) is 51.4 Å². The molecule has 1 fully saturated rings. The van der Waals surface area contributed by atoms with Crippen molar-refractivity contribution >= 4 is 22.0 Å². The van der Waals surface area contributed by atoms with E-state index in [1.165, 1.54) is 5.56 Å². The first-order valence-corrected chi connectivity index (χ1v) is 10.6. The molecular formula is C21H29BrN4O2. The summed E-state index contributed by atoms with van der Waals surface area (Å²) in [5, 5.41) is 2.99. The minimum atomic E-state index is -0.0693. The molecule has 2 amide bonds. The minimum absolute atomic E-state index is 0.0693. The van der Waals surface area contributed by atoms with Crippen LogP contribution in [0.1, 0.15) is 17.7 Å². The van der Waals surface area contributed by atoms with Gasteiger partial charge in [0.1, 0.15) is 5.76 Å². The van der Waals surface area contributed by atoms with Crippen molar-refractivity contribution in [2.24, 2.45) is 0 Å². The highest BCUT2D eigenvalue weighted by molar-refractivity contribution is 9.10. The lowest BCUT2D eigenvalue weighted by molar-refractivity contribution is 0.126. The second-order valence-electron chi connectivity index (χ2n) is 7.25. The van der Waals surface area contributed by atoms with Gasteiger partial charge in [-0.25, -0.2) is 4.79 Å². The van der Waals surface area contributed by atoms with Gasteiger partial charge in [0, 0.05) is 46.3 Å². The van der Waals surface area contributed by atoms with Crippen LogP contribution in [0.4, 0.5) is 4.79 Å². The molecule has 7 heteroatoms. The van der Waals surface area contributed by atoms with E-state index in [9.17, 15) is 4.79 Å². The van der Waals surface area contributed by atoms with Crippen LogP contribution in [0.5, 0.6) is 0 Å². The molecule has 1 aliphatic rings. The smallest absolute Gasteiger partial charge is 0.317 e. The van der Waals surface area contributed by atoms with Crippen molar-refractivity contribution in [1.82, 2.24) is 20.0 Å². The maximum Gasteiger partial charge on any atom is 0.317 e. The standard InChI is InChI=1S/C21H29BrN4O2/c1-24(17-19-8-9-20(22)28-19)21(27)23-10-5-11-25-12-14-26(15-13-25)16-18-6-3-2-4-7-18/h2-4,6-9H,5,10-17H2,1H3,(H,23,27). The average molecular weight is 449 g/mol. The van der Waals surface area contributed by atoms with Gasteiger partial charge in [-0.1, -0.05) is 30.3 Å². The minimum Gasteiger partial charge on any atom is -0.452 e. The number of rotatable bonds is 8. The van der Waals surface area contributed by atoms with Crippen molar-refractivity contribution in [3.05, 3.63) is 58.5 Å². The largest absolute Gasteiger partial charge is 0.452 e. The second kappa shape index (κ2) is 10.6. The highest BCUT2D eigenvalue weighted by Crippen LogP contribution is 2.15. The number of urea groups is 1. The molecule has 0 atom stereocenters. The second-order valence-corrected chi connectivity index (χ2v) is 8.03. The predicted molar refractivity (Wildman–Crippen MR) is 114 cm³/mol. The van der Waals surface area contributed by atoms with Crippen LogP contribution < -0.4 is 5.32 Å². The van der Waals surface area contributed by atoms with Crippen LogP contribution in [0.25, 0.3) is 0 Å². The summed E-state index contributed by atoms with van der Waals surface area (Å²) in [6.45, 7) is 7.58. The molecule has 6 nitrogen and oxygen atoms in total. The number of hydrogen-bond acceptors (Lipinski definition) is 4. The molecule has 1 N–H and O–H groups in total. The SMILES string of the molecule is CN(Cc1ccc(Br)o1)C(=O)NCCCN1CCN(Cc2ccccc2)CC1. The Balaban J connectivity index is 1.27. The lowest BCUT2D eigenvalue weighted by Crippen LogP contribution is -2.46. The summed E-state index contributed by atoms with van der Waals surface area (Å²) < 4.78 is 6.12. The number of carbonyl (C=O) groups excluding carboxylic acids is 1. The molecule has 1 aromatic heterocycles. The number of hydrogen-bond donors (Lipinski definition) is 1. The number of halogens is 1. The van der Waals surface area contributed by atoms with Crippen molar-refractivity contribution in [2.75, 3.05) is 46.3 Å². The first-order chi connectivity index (χ1) is 13.6. The molecule has 0 saturated carbocycles. The molecule has 0 bridgehead atoms. The van der Waals surface area contributed by atoms with E-state index < -0.39 is 0 Å². The Labute approximate surface area is 175 Å². The van der Waals surface area contributed by atoms with Crippen LogP contribution in [0.15, 0.2) is 51.6 Å². The maximum atomic E-state index is 12.2. The van der Waals surface area contributed by atoms with E-state index in [4.69, 9.17) is 4.42 Å². The van der Waals surface area contributed by atoms with E-state index >= 15 is 0 Å². The van der Waals surface area contributed by atoms with E-state index in [-0.39, 0.29) is 6.03 Å². The molecule has 0 aliphatic carbocycles. The van der Waals surface area contributed by atoms with Crippen LogP contribution in [0, 0.1) is 0 Å². The van der Waals surface area contributed by atoms with Gasteiger partial charge in [-0.2, -0.15) is 0 Å². The number of nitrogens with zero attached hydrogens (tertiary/aromatic N) is 3. The Bertz CT molecular complexity index is 729. The Morgan fingerprint density at radius 3 is 2.50 bits per heavy atom. The summed E-state index contributed by atoms with van der Waals surface area (Å²) in [4.78, 5) is 18.8. The van der Waals surface area contributed by atoms with Crippen molar-refractivity contribution in [1.29, 1.82) is 0 Å². The van der Waals surface area contributed by atoms with Crippen molar-refractivity contribution < 1.29 is 9.21 Å². The Morgan fingerprint density at radius 2 is 1.82 bits per heavy atom. The average Bonchev–Trinajstić information content (AvgIpc) is 3.11. The van der Waals surface area contributed by atoms with Crippen molar-refractivity contribution in [3.63, 3.8) is 0 Å². The highest BCUT2D eigenvalue weighted by Gasteiger charge is 2.17. The molecule has 0 spiro atoms. The van der Waals surface area contributed by atoms with Gasteiger partial charge in [-0.15, -0.1) is 0 Å². The van der Waals surface area contributed by atoms with Gasteiger partial charge >= 0.3 is 6.03 Å². The van der Waals surface area contributed by atoms with Crippen molar-refractivity contribution in [3.8, 4) is 0 Å². The third-order valence-electron chi connectivity index (χ3n) is 5.01. The molecule has 152 valence electrons. The molecule has 0 unspecified atom stereocenters. The topological polar surface area (TPSA) is 52.0 Å². The maximum absolute atomic E-state index is 12.2. The van der Waals surface area contributed by atoms with Crippen LogP contribution in [0.2, 0.25) is 0 Å². The number of benzene rings is 1. The third kappa shape index (κ3) is 6.65. The monoisotopic (exact) mass is 448 g/mol. The summed E-state index contributed by atoms with van der Waals surface area (Å²) in [6, 6.07) is 14.3. The highest BCUT2D eigenvalue weighted by atomic mass is 79.9. The van der Waals surface area contributed by atoms with Crippen LogP contribution in [-0.2, 0) is 13.1 Å². The number of furan rings is 1. The number of amides is 2. The summed E-state index contributed by atoms with van der Waals surface area (Å²) >= 11 is 3.27. The Hall–Kier alpha value is -1.83. The normalized spacial score (nSPS) is 15.5. The lowest BCUT2D eigenvalue weighted by Gasteiger charge is -2.34. The van der Waals surface area contributed by atoms with Crippen LogP contribution in [-0.4, -0.2) is 67.0 Å². The molecule has 2 heterocycles. The fourth-order valence-corrected chi connectivity index (χ4v) is 3.73. The number of piperazine rings is 1. The summed E-state index contributed by atoms with van der Waals surface area (Å²) in [7, 11) is 1.78. The van der Waals surface area contributed by atoms with Crippen molar-refractivity contribution in [2.45, 2.75) is 19.5 Å². The quantitative estimate of drug-likeness (QED) is 0.628. The first-order valence-electron chi connectivity index (χ1n) is 9.82. The van der Waals surface area contributed by atoms with Crippen LogP contribution in [0.3, 0.4) is 0 Å². The van der Waals surface area contributed by atoms with E-state index in [1.54, 1.807) is 11.9 Å². The Morgan fingerprint density at radius 1 is 1.11 bits per heavy atom. The number of nitrogens with one attached hydrogen (secondary N) is 1. The molecule has 28 heavy (non-hydrogen) atoms. The van der Waals surface area contributed by atoms with E-state index in [2.05, 4.69) is 61.4 Å². The van der Waals surface area contributed by atoms with E-state index in [1.807, 2.05) is 12.1 Å². The fraction of sp³-hybridized carbons (Fsp3) is 0.476. The van der Waals surface area contributed by atoms with Gasteiger partial charge in [0.05, 0.1) is 6.54 Å². The molecule has 1 aromatic carbocycles.